The van der Waals surface area contributed by atoms with Crippen molar-refractivity contribution in [3.8, 4) is 0 Å². The van der Waals surface area contributed by atoms with Gasteiger partial charge in [0.2, 0.25) is 0 Å². The number of pyridine rings is 1. The lowest BCUT2D eigenvalue weighted by atomic mass is 10.2. The Labute approximate surface area is 103 Å². The molecule has 1 rings (SSSR count). The number of hydrogen-bond acceptors (Lipinski definition) is 4. The van der Waals surface area contributed by atoms with Gasteiger partial charge in [-0.1, -0.05) is 0 Å². The molecule has 0 bridgehead atoms. The molecule has 0 unspecified atom stereocenters. The number of carboxylic acid groups (broad SMARTS) is 1. The summed E-state index contributed by atoms with van der Waals surface area (Å²) < 4.78 is 4.97. The fourth-order valence-electron chi connectivity index (χ4n) is 1.15. The summed E-state index contributed by atoms with van der Waals surface area (Å²) in [5, 5.41) is 11.0. The van der Waals surface area contributed by atoms with Crippen LogP contribution < -0.4 is 10.9 Å². The van der Waals surface area contributed by atoms with Crippen LogP contribution in [-0.2, 0) is 4.74 Å². The van der Waals surface area contributed by atoms with E-state index in [2.05, 4.69) is 10.3 Å². The van der Waals surface area contributed by atoms with Crippen molar-refractivity contribution in [2.75, 3.05) is 5.32 Å². The van der Waals surface area contributed by atoms with Gasteiger partial charge in [0.05, 0.1) is 5.69 Å². The first-order valence-corrected chi connectivity index (χ1v) is 5.15. The second-order valence-electron chi connectivity index (χ2n) is 4.58. The third kappa shape index (κ3) is 4.28. The average Bonchev–Trinajstić information content (AvgIpc) is 2.12. The Balaban J connectivity index is 2.88. The van der Waals surface area contributed by atoms with Crippen molar-refractivity contribution in [2.24, 2.45) is 0 Å². The van der Waals surface area contributed by atoms with Gasteiger partial charge in [-0.25, -0.2) is 9.59 Å². The van der Waals surface area contributed by atoms with Crippen LogP contribution in [0.1, 0.15) is 31.3 Å². The maximum atomic E-state index is 11.4. The van der Waals surface area contributed by atoms with Crippen LogP contribution in [0.2, 0.25) is 0 Å². The molecular weight excluding hydrogens is 240 g/mol. The number of aromatic amines is 1. The minimum atomic E-state index is -1.29. The molecule has 0 aliphatic rings. The molecule has 1 heterocycles. The van der Waals surface area contributed by atoms with Crippen molar-refractivity contribution in [1.82, 2.24) is 4.98 Å². The minimum absolute atomic E-state index is 0.0606. The number of anilines is 1. The van der Waals surface area contributed by atoms with Gasteiger partial charge in [0.15, 0.2) is 0 Å². The number of aromatic nitrogens is 1. The van der Waals surface area contributed by atoms with E-state index in [4.69, 9.17) is 9.84 Å². The Morgan fingerprint density at radius 3 is 2.44 bits per heavy atom. The van der Waals surface area contributed by atoms with Crippen molar-refractivity contribution < 1.29 is 19.4 Å². The molecule has 0 spiro atoms. The Kier molecular flexibility index (Phi) is 3.75. The lowest BCUT2D eigenvalue weighted by Crippen LogP contribution is -2.27. The van der Waals surface area contributed by atoms with E-state index in [9.17, 15) is 14.4 Å². The Morgan fingerprint density at radius 1 is 1.33 bits per heavy atom. The van der Waals surface area contributed by atoms with E-state index < -0.39 is 23.2 Å². The van der Waals surface area contributed by atoms with Crippen molar-refractivity contribution >= 4 is 17.7 Å². The summed E-state index contributed by atoms with van der Waals surface area (Å²) in [6, 6.07) is 2.20. The summed E-state index contributed by atoms with van der Waals surface area (Å²) in [6.45, 7) is 5.06. The molecule has 0 atom stereocenters. The number of H-pyrrole nitrogens is 1. The van der Waals surface area contributed by atoms with Gasteiger partial charge in [-0.05, 0) is 26.8 Å². The molecule has 0 aliphatic carbocycles. The van der Waals surface area contributed by atoms with Crippen LogP contribution >= 0.6 is 0 Å². The van der Waals surface area contributed by atoms with E-state index in [1.165, 1.54) is 0 Å². The molecule has 1 aromatic heterocycles. The number of carboxylic acids is 1. The number of carbonyl (C=O) groups excluding carboxylic acids is 1. The van der Waals surface area contributed by atoms with Gasteiger partial charge in [-0.15, -0.1) is 0 Å². The second kappa shape index (κ2) is 4.91. The predicted octanol–water partition coefficient (Wildman–Crippen LogP) is 1.42. The number of aromatic carboxylic acids is 1. The van der Waals surface area contributed by atoms with E-state index in [0.717, 1.165) is 12.1 Å². The Hall–Kier alpha value is -2.31. The predicted molar refractivity (Wildman–Crippen MR) is 63.9 cm³/mol. The molecule has 1 amide bonds. The van der Waals surface area contributed by atoms with Crippen molar-refractivity contribution in [3.05, 3.63) is 28.2 Å². The van der Waals surface area contributed by atoms with Crippen LogP contribution in [0, 0.1) is 0 Å². The smallest absolute Gasteiger partial charge is 0.412 e. The molecule has 0 aliphatic heterocycles. The summed E-state index contributed by atoms with van der Waals surface area (Å²) >= 11 is 0. The second-order valence-corrected chi connectivity index (χ2v) is 4.58. The maximum absolute atomic E-state index is 11.4. The summed E-state index contributed by atoms with van der Waals surface area (Å²) in [4.78, 5) is 35.4. The van der Waals surface area contributed by atoms with E-state index >= 15 is 0 Å². The first kappa shape index (κ1) is 13.8. The maximum Gasteiger partial charge on any atom is 0.412 e. The number of hydrogen-bond donors (Lipinski definition) is 3. The van der Waals surface area contributed by atoms with Crippen LogP contribution in [0.4, 0.5) is 10.5 Å². The van der Waals surface area contributed by atoms with E-state index in [-0.39, 0.29) is 11.4 Å². The van der Waals surface area contributed by atoms with E-state index in [0.29, 0.717) is 0 Å². The van der Waals surface area contributed by atoms with Gasteiger partial charge < -0.3 is 14.8 Å². The highest BCUT2D eigenvalue weighted by atomic mass is 16.6. The van der Waals surface area contributed by atoms with Crippen molar-refractivity contribution in [2.45, 2.75) is 26.4 Å². The first-order valence-electron chi connectivity index (χ1n) is 5.15. The summed E-state index contributed by atoms with van der Waals surface area (Å²) in [7, 11) is 0. The van der Waals surface area contributed by atoms with Gasteiger partial charge >= 0.3 is 12.1 Å². The molecule has 7 heteroatoms. The normalized spacial score (nSPS) is 10.8. The highest BCUT2D eigenvalue weighted by molar-refractivity contribution is 5.89. The molecule has 0 fully saturated rings. The Morgan fingerprint density at radius 2 is 1.94 bits per heavy atom. The molecule has 18 heavy (non-hydrogen) atoms. The standard InChI is InChI=1S/C11H14N2O5/c1-11(2,3)18-10(17)12-6-4-7(9(15)16)13-8(14)5-6/h4-5H,1-3H3,(H,15,16)(H2,12,13,14,17). The largest absolute Gasteiger partial charge is 0.477 e. The average molecular weight is 254 g/mol. The molecule has 7 nitrogen and oxygen atoms in total. The number of nitrogens with one attached hydrogen (secondary N) is 2. The molecule has 1 aromatic rings. The molecule has 3 N–H and O–H groups in total. The summed E-state index contributed by atoms with van der Waals surface area (Å²) in [5.41, 5.74) is -1.55. The van der Waals surface area contributed by atoms with Crippen molar-refractivity contribution in [1.29, 1.82) is 0 Å². The third-order valence-electron chi connectivity index (χ3n) is 1.72. The highest BCUT2D eigenvalue weighted by Crippen LogP contribution is 2.11. The zero-order chi connectivity index (χ0) is 13.9. The van der Waals surface area contributed by atoms with Crippen LogP contribution in [-0.4, -0.2) is 27.8 Å². The number of ether oxygens (including phenoxy) is 1. The fourth-order valence-corrected chi connectivity index (χ4v) is 1.15. The van der Waals surface area contributed by atoms with Crippen LogP contribution in [0.3, 0.4) is 0 Å². The van der Waals surface area contributed by atoms with Gasteiger partial charge in [0.1, 0.15) is 11.3 Å². The van der Waals surface area contributed by atoms with E-state index in [1.54, 1.807) is 20.8 Å². The number of amides is 1. The van der Waals surface area contributed by atoms with Crippen LogP contribution in [0.15, 0.2) is 16.9 Å². The SMILES string of the molecule is CC(C)(C)OC(=O)Nc1cc(C(=O)O)[nH]c(=O)c1. The monoisotopic (exact) mass is 254 g/mol. The van der Waals surface area contributed by atoms with Gasteiger partial charge in [0.25, 0.3) is 5.56 Å². The lowest BCUT2D eigenvalue weighted by Gasteiger charge is -2.19. The molecule has 0 radical (unpaired) electrons. The van der Waals surface area contributed by atoms with Gasteiger partial charge in [-0.2, -0.15) is 0 Å². The van der Waals surface area contributed by atoms with Gasteiger partial charge in [-0.3, -0.25) is 10.1 Å². The first-order chi connectivity index (χ1) is 8.17. The molecule has 98 valence electrons. The molecule has 0 aromatic carbocycles. The van der Waals surface area contributed by atoms with Gasteiger partial charge in [0, 0.05) is 6.07 Å². The van der Waals surface area contributed by atoms with E-state index in [1.807, 2.05) is 0 Å². The fraction of sp³-hybridized carbons (Fsp3) is 0.364. The quantitative estimate of drug-likeness (QED) is 0.739. The zero-order valence-electron chi connectivity index (χ0n) is 10.2. The third-order valence-corrected chi connectivity index (χ3v) is 1.72. The molecular formula is C11H14N2O5. The van der Waals surface area contributed by atoms with Crippen LogP contribution in [0.5, 0.6) is 0 Å². The zero-order valence-corrected chi connectivity index (χ0v) is 10.2. The summed E-state index contributed by atoms with van der Waals surface area (Å²) in [6.07, 6.45) is -0.760. The summed E-state index contributed by atoms with van der Waals surface area (Å²) in [5.74, 6) is -1.29. The number of rotatable bonds is 2. The topological polar surface area (TPSA) is 108 Å². The molecule has 0 saturated heterocycles. The Bertz CT molecular complexity index is 527. The lowest BCUT2D eigenvalue weighted by molar-refractivity contribution is 0.0632. The highest BCUT2D eigenvalue weighted by Gasteiger charge is 2.17. The van der Waals surface area contributed by atoms with Crippen molar-refractivity contribution in [3.63, 3.8) is 0 Å². The van der Waals surface area contributed by atoms with Crippen LogP contribution in [0.25, 0.3) is 0 Å². The minimum Gasteiger partial charge on any atom is -0.477 e. The molecule has 0 saturated carbocycles. The number of carbonyl (C=O) groups is 2.